The fourth-order valence-corrected chi connectivity index (χ4v) is 2.92. The lowest BCUT2D eigenvalue weighted by molar-refractivity contribution is 0.102. The first-order valence-corrected chi connectivity index (χ1v) is 8.69. The van der Waals surface area contributed by atoms with E-state index in [1.807, 2.05) is 12.1 Å². The number of nitrogens with zero attached hydrogens (tertiary/aromatic N) is 1. The molecule has 24 heavy (non-hydrogen) atoms. The molecule has 0 spiro atoms. The number of hydrogen-bond acceptors (Lipinski definition) is 4. The van der Waals surface area contributed by atoms with Crippen LogP contribution in [0, 0.1) is 5.92 Å². The molecule has 0 aliphatic heterocycles. The van der Waals surface area contributed by atoms with Gasteiger partial charge in [0.1, 0.15) is 5.75 Å². The Morgan fingerprint density at radius 2 is 2.33 bits per heavy atom. The molecule has 1 aliphatic rings. The average molecular weight is 328 g/mol. The predicted octanol–water partition coefficient (Wildman–Crippen LogP) is 4.23. The zero-order valence-corrected chi connectivity index (χ0v) is 14.3. The van der Waals surface area contributed by atoms with Crippen molar-refractivity contribution < 1.29 is 14.1 Å². The van der Waals surface area contributed by atoms with E-state index in [-0.39, 0.29) is 5.91 Å². The zero-order chi connectivity index (χ0) is 16.9. The number of unbranched alkanes of at least 4 members (excludes halogenated alkanes) is 1. The molecule has 5 heteroatoms. The highest BCUT2D eigenvalue weighted by Gasteiger charge is 2.24. The van der Waals surface area contributed by atoms with Crippen LogP contribution in [0.2, 0.25) is 0 Å². The second-order valence-electron chi connectivity index (χ2n) is 6.47. The Balaban J connectivity index is 1.69. The summed E-state index contributed by atoms with van der Waals surface area (Å²) in [5.41, 5.74) is 2.57. The summed E-state index contributed by atoms with van der Waals surface area (Å²) in [4.78, 5) is 12.5. The van der Waals surface area contributed by atoms with Crippen molar-refractivity contribution in [3.63, 3.8) is 0 Å². The van der Waals surface area contributed by atoms with Crippen LogP contribution in [0.1, 0.15) is 54.7 Å². The van der Waals surface area contributed by atoms with E-state index in [4.69, 9.17) is 9.26 Å². The van der Waals surface area contributed by atoms with Gasteiger partial charge >= 0.3 is 0 Å². The smallest absolute Gasteiger partial charge is 0.258 e. The summed E-state index contributed by atoms with van der Waals surface area (Å²) in [6.07, 6.45) is 5.00. The lowest BCUT2D eigenvalue weighted by Gasteiger charge is -2.16. The molecular weight excluding hydrogens is 304 g/mol. The van der Waals surface area contributed by atoms with E-state index in [1.165, 1.54) is 0 Å². The first-order chi connectivity index (χ1) is 11.7. The van der Waals surface area contributed by atoms with Crippen molar-refractivity contribution in [2.75, 3.05) is 11.9 Å². The van der Waals surface area contributed by atoms with Crippen molar-refractivity contribution in [2.45, 2.75) is 46.0 Å². The molecule has 1 aromatic carbocycles. The van der Waals surface area contributed by atoms with Crippen molar-refractivity contribution in [1.29, 1.82) is 0 Å². The Kier molecular flexibility index (Phi) is 5.18. The molecular formula is C19H24N2O3. The Bertz CT molecular complexity index is 708. The summed E-state index contributed by atoms with van der Waals surface area (Å²) in [5.74, 6) is 1.58. The second kappa shape index (κ2) is 7.51. The number of aryl methyl sites for hydroxylation is 1. The first kappa shape index (κ1) is 16.6. The SMILES string of the molecule is CCCCOc1cccc(C(=O)Nc2onc3c2C[C@H](C)CC3)c1. The Morgan fingerprint density at radius 3 is 3.17 bits per heavy atom. The van der Waals surface area contributed by atoms with Gasteiger partial charge in [-0.1, -0.05) is 31.5 Å². The highest BCUT2D eigenvalue weighted by atomic mass is 16.5. The van der Waals surface area contributed by atoms with Gasteiger partial charge in [-0.15, -0.1) is 0 Å². The van der Waals surface area contributed by atoms with E-state index < -0.39 is 0 Å². The molecule has 1 heterocycles. The van der Waals surface area contributed by atoms with Crippen LogP contribution in [0.3, 0.4) is 0 Å². The summed E-state index contributed by atoms with van der Waals surface area (Å²) < 4.78 is 11.0. The van der Waals surface area contributed by atoms with Crippen molar-refractivity contribution >= 4 is 11.8 Å². The Labute approximate surface area is 142 Å². The monoisotopic (exact) mass is 328 g/mol. The van der Waals surface area contributed by atoms with Crippen LogP contribution in [0.4, 0.5) is 5.88 Å². The van der Waals surface area contributed by atoms with Crippen LogP contribution in [0.5, 0.6) is 5.75 Å². The molecule has 0 fully saturated rings. The van der Waals surface area contributed by atoms with Gasteiger partial charge in [0.2, 0.25) is 5.88 Å². The van der Waals surface area contributed by atoms with Crippen LogP contribution >= 0.6 is 0 Å². The molecule has 1 N–H and O–H groups in total. The van der Waals surface area contributed by atoms with Crippen molar-refractivity contribution in [3.05, 3.63) is 41.1 Å². The minimum atomic E-state index is -0.201. The number of rotatable bonds is 6. The summed E-state index contributed by atoms with van der Waals surface area (Å²) in [5, 5.41) is 6.95. The summed E-state index contributed by atoms with van der Waals surface area (Å²) in [6, 6.07) is 7.22. The van der Waals surface area contributed by atoms with E-state index in [1.54, 1.807) is 12.1 Å². The minimum Gasteiger partial charge on any atom is -0.494 e. The molecule has 1 amide bonds. The predicted molar refractivity (Wildman–Crippen MR) is 92.5 cm³/mol. The van der Waals surface area contributed by atoms with E-state index in [0.29, 0.717) is 29.7 Å². The van der Waals surface area contributed by atoms with Gasteiger partial charge in [-0.3, -0.25) is 10.1 Å². The topological polar surface area (TPSA) is 64.4 Å². The maximum atomic E-state index is 12.5. The number of fused-ring (bicyclic) bond motifs is 1. The lowest BCUT2D eigenvalue weighted by atomic mass is 9.89. The number of benzene rings is 1. The molecule has 0 saturated heterocycles. The average Bonchev–Trinajstić information content (AvgIpc) is 2.97. The van der Waals surface area contributed by atoms with Gasteiger partial charge in [-0.05, 0) is 49.8 Å². The molecule has 128 valence electrons. The number of hydrogen-bond donors (Lipinski definition) is 1. The fourth-order valence-electron chi connectivity index (χ4n) is 2.92. The van der Waals surface area contributed by atoms with Crippen LogP contribution < -0.4 is 10.1 Å². The molecule has 1 atom stereocenters. The molecule has 0 bridgehead atoms. The number of ether oxygens (including phenoxy) is 1. The van der Waals surface area contributed by atoms with Crippen molar-refractivity contribution in [1.82, 2.24) is 5.16 Å². The number of amides is 1. The van der Waals surface area contributed by atoms with Crippen LogP contribution in [-0.2, 0) is 12.8 Å². The second-order valence-corrected chi connectivity index (χ2v) is 6.47. The third kappa shape index (κ3) is 3.78. The van der Waals surface area contributed by atoms with Crippen molar-refractivity contribution in [2.24, 2.45) is 5.92 Å². The summed E-state index contributed by atoms with van der Waals surface area (Å²) in [7, 11) is 0. The van der Waals surface area contributed by atoms with Gasteiger partial charge in [0.15, 0.2) is 0 Å². The highest BCUT2D eigenvalue weighted by Crippen LogP contribution is 2.30. The van der Waals surface area contributed by atoms with Gasteiger partial charge in [0.05, 0.1) is 12.3 Å². The summed E-state index contributed by atoms with van der Waals surface area (Å²) >= 11 is 0. The normalized spacial score (nSPS) is 16.5. The largest absolute Gasteiger partial charge is 0.494 e. The van der Waals surface area contributed by atoms with E-state index in [9.17, 15) is 4.79 Å². The lowest BCUT2D eigenvalue weighted by Crippen LogP contribution is -2.15. The number of anilines is 1. The molecule has 5 nitrogen and oxygen atoms in total. The molecule has 1 aliphatic carbocycles. The van der Waals surface area contributed by atoms with Gasteiger partial charge in [0.25, 0.3) is 5.91 Å². The molecule has 0 saturated carbocycles. The Morgan fingerprint density at radius 1 is 1.46 bits per heavy atom. The standard InChI is InChI=1S/C19H24N2O3/c1-3-4-10-23-15-7-5-6-14(12-15)18(22)20-19-16-11-13(2)8-9-17(16)21-24-19/h5-7,12-13H,3-4,8-11H2,1-2H3,(H,20,22)/t13-/m1/s1. The van der Waals surface area contributed by atoms with Crippen LogP contribution in [0.15, 0.2) is 28.8 Å². The molecule has 1 aromatic heterocycles. The Hall–Kier alpha value is -2.30. The van der Waals surface area contributed by atoms with Crippen LogP contribution in [-0.4, -0.2) is 17.7 Å². The molecule has 2 aromatic rings. The van der Waals surface area contributed by atoms with Crippen LogP contribution in [0.25, 0.3) is 0 Å². The fraction of sp³-hybridized carbons (Fsp3) is 0.474. The van der Waals surface area contributed by atoms with Gasteiger partial charge < -0.3 is 9.26 Å². The number of nitrogens with one attached hydrogen (secondary N) is 1. The number of carbonyl (C=O) groups excluding carboxylic acids is 1. The third-order valence-corrected chi connectivity index (χ3v) is 4.39. The maximum absolute atomic E-state index is 12.5. The molecule has 0 unspecified atom stereocenters. The van der Waals surface area contributed by atoms with E-state index >= 15 is 0 Å². The van der Waals surface area contributed by atoms with Gasteiger partial charge in [-0.25, -0.2) is 0 Å². The maximum Gasteiger partial charge on any atom is 0.258 e. The van der Waals surface area contributed by atoms with Crippen molar-refractivity contribution in [3.8, 4) is 5.75 Å². The molecule has 0 radical (unpaired) electrons. The van der Waals surface area contributed by atoms with Gasteiger partial charge in [0, 0.05) is 11.1 Å². The minimum absolute atomic E-state index is 0.201. The van der Waals surface area contributed by atoms with Gasteiger partial charge in [-0.2, -0.15) is 0 Å². The van der Waals surface area contributed by atoms with E-state index in [0.717, 1.165) is 43.4 Å². The quantitative estimate of drug-likeness (QED) is 0.806. The summed E-state index contributed by atoms with van der Waals surface area (Å²) in [6.45, 7) is 4.99. The molecule has 3 rings (SSSR count). The first-order valence-electron chi connectivity index (χ1n) is 8.69. The number of carbonyl (C=O) groups is 1. The highest BCUT2D eigenvalue weighted by molar-refractivity contribution is 6.04. The third-order valence-electron chi connectivity index (χ3n) is 4.39. The zero-order valence-electron chi connectivity index (χ0n) is 14.3. The van der Waals surface area contributed by atoms with E-state index in [2.05, 4.69) is 24.3 Å². The number of aromatic nitrogens is 1.